The van der Waals surface area contributed by atoms with E-state index in [1.54, 1.807) is 6.20 Å². The van der Waals surface area contributed by atoms with Gasteiger partial charge in [0.2, 0.25) is 0 Å². The van der Waals surface area contributed by atoms with Crippen LogP contribution in [-0.2, 0) is 6.42 Å². The van der Waals surface area contributed by atoms with Gasteiger partial charge in [-0.3, -0.25) is 4.98 Å². The van der Waals surface area contributed by atoms with E-state index in [4.69, 9.17) is 28.2 Å². The van der Waals surface area contributed by atoms with Gasteiger partial charge in [0.15, 0.2) is 5.11 Å². The zero-order chi connectivity index (χ0) is 22.9. The summed E-state index contributed by atoms with van der Waals surface area (Å²) in [5, 5.41) is 4.85. The molecule has 0 amide bonds. The van der Waals surface area contributed by atoms with Crippen molar-refractivity contribution < 1.29 is 4.42 Å². The van der Waals surface area contributed by atoms with Crippen LogP contribution in [0.25, 0.3) is 11.3 Å². The highest BCUT2D eigenvalue weighted by Gasteiger charge is 2.42. The number of nitrogens with zero attached hydrogens (tertiary/aromatic N) is 2. The van der Waals surface area contributed by atoms with Crippen LogP contribution in [0.1, 0.15) is 41.6 Å². The van der Waals surface area contributed by atoms with Crippen LogP contribution in [-0.4, -0.2) is 10.1 Å². The maximum absolute atomic E-state index is 6.46. The molecule has 2 unspecified atom stereocenters. The van der Waals surface area contributed by atoms with Gasteiger partial charge in [0.1, 0.15) is 17.6 Å². The number of hydrogen-bond donors (Lipinski definition) is 1. The molecular formula is C27H24ClN3OS. The van der Waals surface area contributed by atoms with Gasteiger partial charge in [-0.25, -0.2) is 0 Å². The third-order valence-corrected chi connectivity index (χ3v) is 6.90. The number of aromatic nitrogens is 1. The van der Waals surface area contributed by atoms with Gasteiger partial charge in [-0.05, 0) is 79.2 Å². The summed E-state index contributed by atoms with van der Waals surface area (Å²) in [6.07, 6.45) is 2.79. The first kappa shape index (κ1) is 21.7. The summed E-state index contributed by atoms with van der Waals surface area (Å²) in [7, 11) is 0. The van der Waals surface area contributed by atoms with E-state index in [1.807, 2.05) is 55.5 Å². The molecule has 5 rings (SSSR count). The summed E-state index contributed by atoms with van der Waals surface area (Å²) in [6, 6.07) is 24.0. The Hall–Kier alpha value is -3.15. The van der Waals surface area contributed by atoms with Gasteiger partial charge in [0.05, 0.1) is 11.7 Å². The number of aryl methyl sites for hydroxylation is 1. The molecule has 2 atom stereocenters. The number of thiocarbonyl (C=S) groups is 1. The van der Waals surface area contributed by atoms with Crippen LogP contribution in [0.2, 0.25) is 5.02 Å². The number of nitrogens with one attached hydrogen (secondary N) is 1. The molecule has 2 aromatic heterocycles. The summed E-state index contributed by atoms with van der Waals surface area (Å²) in [6.45, 7) is 4.16. The molecule has 166 valence electrons. The van der Waals surface area contributed by atoms with Crippen LogP contribution in [0, 0.1) is 6.92 Å². The molecular weight excluding hydrogens is 450 g/mol. The summed E-state index contributed by atoms with van der Waals surface area (Å²) >= 11 is 12.2. The maximum atomic E-state index is 6.46. The minimum absolute atomic E-state index is 0.149. The number of halogens is 1. The second-order valence-electron chi connectivity index (χ2n) is 8.13. The second kappa shape index (κ2) is 9.00. The SMILES string of the molecule is CCc1ccc(N2C(=S)NC(c3ccccn3)C2c2ccc(-c3cccc(Cl)c3C)o2)cc1. The van der Waals surface area contributed by atoms with Crippen molar-refractivity contribution in [1.82, 2.24) is 10.3 Å². The topological polar surface area (TPSA) is 41.3 Å². The number of hydrogen-bond acceptors (Lipinski definition) is 3. The van der Waals surface area contributed by atoms with Crippen molar-refractivity contribution in [3.8, 4) is 11.3 Å². The highest BCUT2D eigenvalue weighted by molar-refractivity contribution is 7.80. The van der Waals surface area contributed by atoms with Gasteiger partial charge in [-0.15, -0.1) is 0 Å². The molecule has 0 aliphatic carbocycles. The van der Waals surface area contributed by atoms with Gasteiger partial charge in [0, 0.05) is 22.5 Å². The van der Waals surface area contributed by atoms with E-state index in [0.29, 0.717) is 5.11 Å². The summed E-state index contributed by atoms with van der Waals surface area (Å²) in [4.78, 5) is 6.74. The van der Waals surface area contributed by atoms with Gasteiger partial charge < -0.3 is 14.6 Å². The van der Waals surface area contributed by atoms with E-state index in [9.17, 15) is 0 Å². The molecule has 3 heterocycles. The summed E-state index contributed by atoms with van der Waals surface area (Å²) in [5.74, 6) is 1.59. The Balaban J connectivity index is 1.60. The van der Waals surface area contributed by atoms with E-state index in [-0.39, 0.29) is 12.1 Å². The second-order valence-corrected chi connectivity index (χ2v) is 8.92. The van der Waals surface area contributed by atoms with Crippen LogP contribution in [0.4, 0.5) is 5.69 Å². The average Bonchev–Trinajstić information content (AvgIpc) is 3.46. The molecule has 0 spiro atoms. The van der Waals surface area contributed by atoms with Crippen LogP contribution in [0.3, 0.4) is 0 Å². The molecule has 1 aliphatic heterocycles. The molecule has 33 heavy (non-hydrogen) atoms. The van der Waals surface area contributed by atoms with Gasteiger partial charge in [0.25, 0.3) is 0 Å². The van der Waals surface area contributed by atoms with Crippen LogP contribution in [0.5, 0.6) is 0 Å². The molecule has 0 bridgehead atoms. The largest absolute Gasteiger partial charge is 0.459 e. The lowest BCUT2D eigenvalue weighted by molar-refractivity contribution is 0.439. The molecule has 4 aromatic rings. The van der Waals surface area contributed by atoms with Crippen molar-refractivity contribution in [3.63, 3.8) is 0 Å². The minimum Gasteiger partial charge on any atom is -0.459 e. The molecule has 1 N–H and O–H groups in total. The fraction of sp³-hybridized carbons (Fsp3) is 0.185. The molecule has 4 nitrogen and oxygen atoms in total. The fourth-order valence-electron chi connectivity index (χ4n) is 4.35. The van der Waals surface area contributed by atoms with Crippen molar-refractivity contribution >= 4 is 34.6 Å². The normalized spacial score (nSPS) is 17.9. The Bertz CT molecular complexity index is 1290. The van der Waals surface area contributed by atoms with Gasteiger partial charge in [-0.2, -0.15) is 0 Å². The van der Waals surface area contributed by atoms with Gasteiger partial charge in [-0.1, -0.05) is 48.9 Å². The van der Waals surface area contributed by atoms with Crippen LogP contribution < -0.4 is 10.2 Å². The zero-order valence-corrected chi connectivity index (χ0v) is 20.0. The highest BCUT2D eigenvalue weighted by Crippen LogP contribution is 2.43. The van der Waals surface area contributed by atoms with Crippen LogP contribution >= 0.6 is 23.8 Å². The maximum Gasteiger partial charge on any atom is 0.174 e. The first-order valence-corrected chi connectivity index (χ1v) is 11.8. The molecule has 0 radical (unpaired) electrons. The monoisotopic (exact) mass is 473 g/mol. The Morgan fingerprint density at radius 2 is 1.85 bits per heavy atom. The highest BCUT2D eigenvalue weighted by atomic mass is 35.5. The van der Waals surface area contributed by atoms with E-state index in [1.165, 1.54) is 5.56 Å². The predicted octanol–water partition coefficient (Wildman–Crippen LogP) is 7.04. The molecule has 2 aromatic carbocycles. The van der Waals surface area contributed by atoms with Crippen molar-refractivity contribution in [2.24, 2.45) is 0 Å². The Morgan fingerprint density at radius 3 is 2.58 bits per heavy atom. The standard InChI is InChI=1S/C27H24ClN3OS/c1-3-18-10-12-19(13-11-18)31-26(25(30-27(31)33)22-9-4-5-16-29-22)24-15-14-23(32-24)20-7-6-8-21(28)17(20)2/h4-16,25-26H,3H2,1-2H3,(H,30,33). The molecule has 6 heteroatoms. The Labute approximate surface area is 204 Å². The van der Waals surface area contributed by atoms with Crippen LogP contribution in [0.15, 0.2) is 83.4 Å². The summed E-state index contributed by atoms with van der Waals surface area (Å²) < 4.78 is 6.46. The number of benzene rings is 2. The fourth-order valence-corrected chi connectivity index (χ4v) is 4.87. The van der Waals surface area contributed by atoms with E-state index in [2.05, 4.69) is 46.4 Å². The first-order chi connectivity index (χ1) is 16.1. The van der Waals surface area contributed by atoms with Gasteiger partial charge >= 0.3 is 0 Å². The number of pyridine rings is 1. The average molecular weight is 474 g/mol. The summed E-state index contributed by atoms with van der Waals surface area (Å²) in [5.41, 5.74) is 5.19. The molecule has 1 saturated heterocycles. The Kier molecular flexibility index (Phi) is 5.92. The van der Waals surface area contributed by atoms with E-state index < -0.39 is 0 Å². The quantitative estimate of drug-likeness (QED) is 0.315. The molecule has 1 aliphatic rings. The third-order valence-electron chi connectivity index (χ3n) is 6.17. The molecule has 0 saturated carbocycles. The molecule has 1 fully saturated rings. The number of rotatable bonds is 5. The smallest absolute Gasteiger partial charge is 0.174 e. The predicted molar refractivity (Wildman–Crippen MR) is 138 cm³/mol. The lowest BCUT2D eigenvalue weighted by Crippen LogP contribution is -2.29. The number of furan rings is 1. The van der Waals surface area contributed by atoms with Crippen molar-refractivity contribution in [1.29, 1.82) is 0 Å². The first-order valence-electron chi connectivity index (χ1n) is 11.0. The van der Waals surface area contributed by atoms with Crippen molar-refractivity contribution in [2.75, 3.05) is 4.90 Å². The zero-order valence-electron chi connectivity index (χ0n) is 18.5. The van der Waals surface area contributed by atoms with E-state index in [0.717, 1.165) is 45.5 Å². The van der Waals surface area contributed by atoms with Crippen molar-refractivity contribution in [2.45, 2.75) is 32.4 Å². The third kappa shape index (κ3) is 4.03. The minimum atomic E-state index is -0.187. The lowest BCUT2D eigenvalue weighted by Gasteiger charge is -2.26. The van der Waals surface area contributed by atoms with E-state index >= 15 is 0 Å². The number of anilines is 1. The Morgan fingerprint density at radius 1 is 1.03 bits per heavy atom. The van der Waals surface area contributed by atoms with Crippen molar-refractivity contribution in [3.05, 3.63) is 107 Å². The lowest BCUT2D eigenvalue weighted by atomic mass is 10.0.